The molecule has 0 aliphatic rings. The van der Waals surface area contributed by atoms with Gasteiger partial charge < -0.3 is 4.84 Å². The second kappa shape index (κ2) is 5.00. The van der Waals surface area contributed by atoms with Gasteiger partial charge in [0.05, 0.1) is 16.2 Å². The van der Waals surface area contributed by atoms with E-state index in [9.17, 15) is 13.2 Å². The molecule has 2 aromatic rings. The number of sulfone groups is 1. The zero-order valence-corrected chi connectivity index (χ0v) is 11.5. The van der Waals surface area contributed by atoms with Crippen molar-refractivity contribution < 1.29 is 18.0 Å². The van der Waals surface area contributed by atoms with Crippen LogP contribution in [-0.4, -0.2) is 29.9 Å². The molecule has 0 fully saturated rings. The molecule has 0 aliphatic heterocycles. The number of hydrogen-bond donors (Lipinski definition) is 0. The molecule has 0 N–H and O–H groups in total. The Balaban J connectivity index is 2.67. The van der Waals surface area contributed by atoms with Gasteiger partial charge in [0.15, 0.2) is 9.84 Å². The number of hydrogen-bond acceptors (Lipinski definition) is 5. The molecule has 0 amide bonds. The molecular weight excluding hydrogens is 268 g/mol. The van der Waals surface area contributed by atoms with Crippen LogP contribution in [0.3, 0.4) is 0 Å². The molecule has 1 aromatic heterocycles. The van der Waals surface area contributed by atoms with E-state index in [2.05, 4.69) is 4.98 Å². The molecular formula is C12H14N2O4S. The molecule has 0 bridgehead atoms. The van der Waals surface area contributed by atoms with E-state index in [1.165, 1.54) is 19.3 Å². The number of benzene rings is 1. The summed E-state index contributed by atoms with van der Waals surface area (Å²) in [5.74, 6) is -0.501. The summed E-state index contributed by atoms with van der Waals surface area (Å²) < 4.78 is 25.5. The maximum absolute atomic E-state index is 12.2. The van der Waals surface area contributed by atoms with Crippen molar-refractivity contribution in [2.75, 3.05) is 5.75 Å². The Hall–Kier alpha value is -1.89. The van der Waals surface area contributed by atoms with E-state index in [0.717, 1.165) is 4.73 Å². The topological polar surface area (TPSA) is 78.3 Å². The smallest absolute Gasteiger partial charge is 0.329 e. The Morgan fingerprint density at radius 3 is 2.79 bits per heavy atom. The maximum Gasteiger partial charge on any atom is 0.329 e. The zero-order chi connectivity index (χ0) is 14.0. The molecule has 0 unspecified atom stereocenters. The van der Waals surface area contributed by atoms with Gasteiger partial charge in [-0.15, -0.1) is 0 Å². The summed E-state index contributed by atoms with van der Waals surface area (Å²) >= 11 is 0. The summed E-state index contributed by atoms with van der Waals surface area (Å²) in [5, 5.41) is 0. The van der Waals surface area contributed by atoms with Crippen LogP contribution >= 0.6 is 0 Å². The molecule has 6 nitrogen and oxygen atoms in total. The highest BCUT2D eigenvalue weighted by molar-refractivity contribution is 7.91. The molecule has 2 rings (SSSR count). The summed E-state index contributed by atoms with van der Waals surface area (Å²) in [6.07, 6.45) is 1.80. The van der Waals surface area contributed by atoms with Gasteiger partial charge in [-0.25, -0.2) is 18.2 Å². The summed E-state index contributed by atoms with van der Waals surface area (Å²) in [5.41, 5.74) is 0.768. The predicted molar refractivity (Wildman–Crippen MR) is 69.3 cm³/mol. The first-order chi connectivity index (χ1) is 8.95. The van der Waals surface area contributed by atoms with Crippen LogP contribution in [0.15, 0.2) is 29.4 Å². The Bertz CT molecular complexity index is 718. The largest absolute Gasteiger partial charge is 0.335 e. The van der Waals surface area contributed by atoms with E-state index >= 15 is 0 Å². The molecule has 0 atom stereocenters. The Labute approximate surface area is 110 Å². The summed E-state index contributed by atoms with van der Waals surface area (Å²) in [6.45, 7) is 3.04. The number of carbonyl (C=O) groups is 1. The first-order valence-electron chi connectivity index (χ1n) is 5.83. The fourth-order valence-electron chi connectivity index (χ4n) is 1.85. The molecule has 0 saturated carbocycles. The fraction of sp³-hybridized carbons (Fsp3) is 0.333. The van der Waals surface area contributed by atoms with E-state index in [4.69, 9.17) is 4.84 Å². The molecule has 102 valence electrons. The third-order valence-electron chi connectivity index (χ3n) is 2.53. The second-order valence-electron chi connectivity index (χ2n) is 4.10. The van der Waals surface area contributed by atoms with Crippen LogP contribution in [0.2, 0.25) is 0 Å². The third-order valence-corrected chi connectivity index (χ3v) is 4.48. The van der Waals surface area contributed by atoms with Crippen molar-refractivity contribution in [1.29, 1.82) is 0 Å². The van der Waals surface area contributed by atoms with Crippen LogP contribution in [0, 0.1) is 0 Å². The van der Waals surface area contributed by atoms with Gasteiger partial charge in [0, 0.05) is 6.92 Å². The Morgan fingerprint density at radius 2 is 2.16 bits per heavy atom. The molecule has 0 saturated heterocycles. The lowest BCUT2D eigenvalue weighted by Gasteiger charge is -2.07. The SMILES string of the molecule is CCCS(=O)(=O)c1cccc2ncn(OC(C)=O)c12. The van der Waals surface area contributed by atoms with Crippen LogP contribution < -0.4 is 4.84 Å². The number of imidazole rings is 1. The summed E-state index contributed by atoms with van der Waals surface area (Å²) in [6, 6.07) is 4.78. The summed E-state index contributed by atoms with van der Waals surface area (Å²) in [7, 11) is -3.42. The Morgan fingerprint density at radius 1 is 1.42 bits per heavy atom. The first kappa shape index (κ1) is 13.5. The first-order valence-corrected chi connectivity index (χ1v) is 7.48. The molecule has 0 spiro atoms. The second-order valence-corrected chi connectivity index (χ2v) is 6.17. The van der Waals surface area contributed by atoms with Crippen molar-refractivity contribution in [3.05, 3.63) is 24.5 Å². The lowest BCUT2D eigenvalue weighted by atomic mass is 10.3. The normalized spacial score (nSPS) is 11.7. The number of aromatic nitrogens is 2. The number of carbonyl (C=O) groups excluding carboxylic acids is 1. The lowest BCUT2D eigenvalue weighted by Crippen LogP contribution is -2.17. The van der Waals surface area contributed by atoms with Gasteiger partial charge in [0.25, 0.3) is 0 Å². The average Bonchev–Trinajstić information content (AvgIpc) is 2.71. The number of nitrogens with zero attached hydrogens (tertiary/aromatic N) is 2. The monoisotopic (exact) mass is 282 g/mol. The molecule has 0 aliphatic carbocycles. The van der Waals surface area contributed by atoms with E-state index in [-0.39, 0.29) is 10.6 Å². The van der Waals surface area contributed by atoms with Gasteiger partial charge in [0.2, 0.25) is 0 Å². The fourth-order valence-corrected chi connectivity index (χ4v) is 3.38. The van der Waals surface area contributed by atoms with Crippen LogP contribution in [0.5, 0.6) is 0 Å². The lowest BCUT2D eigenvalue weighted by molar-refractivity contribution is -0.141. The van der Waals surface area contributed by atoms with E-state index < -0.39 is 15.8 Å². The third kappa shape index (κ3) is 2.60. The minimum atomic E-state index is -3.42. The highest BCUT2D eigenvalue weighted by atomic mass is 32.2. The standard InChI is InChI=1S/C12H14N2O4S/c1-3-7-19(16,17)11-6-4-5-10-12(11)14(8-13-10)18-9(2)15/h4-6,8H,3,7H2,1-2H3. The Kier molecular flexibility index (Phi) is 3.57. The van der Waals surface area contributed by atoms with Gasteiger partial charge in [-0.2, -0.15) is 4.73 Å². The molecule has 0 radical (unpaired) electrons. The number of para-hydroxylation sites is 1. The average molecular weight is 282 g/mol. The van der Waals surface area contributed by atoms with E-state index in [0.29, 0.717) is 17.5 Å². The number of fused-ring (bicyclic) bond motifs is 1. The van der Waals surface area contributed by atoms with E-state index in [1.807, 2.05) is 0 Å². The quantitative estimate of drug-likeness (QED) is 0.841. The van der Waals surface area contributed by atoms with Crippen LogP contribution in [0.25, 0.3) is 11.0 Å². The highest BCUT2D eigenvalue weighted by Crippen LogP contribution is 2.23. The van der Waals surface area contributed by atoms with Crippen LogP contribution in [0.4, 0.5) is 0 Å². The van der Waals surface area contributed by atoms with Gasteiger partial charge in [0.1, 0.15) is 11.8 Å². The van der Waals surface area contributed by atoms with Gasteiger partial charge in [-0.3, -0.25) is 0 Å². The van der Waals surface area contributed by atoms with Crippen molar-refractivity contribution in [3.8, 4) is 0 Å². The van der Waals surface area contributed by atoms with Gasteiger partial charge >= 0.3 is 5.97 Å². The highest BCUT2D eigenvalue weighted by Gasteiger charge is 2.20. The number of rotatable bonds is 4. The van der Waals surface area contributed by atoms with Crippen molar-refractivity contribution in [2.45, 2.75) is 25.2 Å². The van der Waals surface area contributed by atoms with E-state index in [1.54, 1.807) is 19.1 Å². The minimum absolute atomic E-state index is 0.0391. The van der Waals surface area contributed by atoms with Crippen molar-refractivity contribution >= 4 is 26.8 Å². The van der Waals surface area contributed by atoms with Crippen LogP contribution in [-0.2, 0) is 14.6 Å². The van der Waals surface area contributed by atoms with Crippen molar-refractivity contribution in [3.63, 3.8) is 0 Å². The zero-order valence-electron chi connectivity index (χ0n) is 10.7. The van der Waals surface area contributed by atoms with Gasteiger partial charge in [-0.1, -0.05) is 13.0 Å². The molecule has 7 heteroatoms. The summed E-state index contributed by atoms with van der Waals surface area (Å²) in [4.78, 5) is 20.1. The minimum Gasteiger partial charge on any atom is -0.335 e. The van der Waals surface area contributed by atoms with Crippen LogP contribution in [0.1, 0.15) is 20.3 Å². The maximum atomic E-state index is 12.2. The van der Waals surface area contributed by atoms with Crippen molar-refractivity contribution in [1.82, 2.24) is 9.71 Å². The molecule has 1 aromatic carbocycles. The van der Waals surface area contributed by atoms with Gasteiger partial charge in [-0.05, 0) is 18.6 Å². The molecule has 19 heavy (non-hydrogen) atoms. The predicted octanol–water partition coefficient (Wildman–Crippen LogP) is 1.20. The van der Waals surface area contributed by atoms with Crippen molar-refractivity contribution in [2.24, 2.45) is 0 Å². The molecule has 1 heterocycles.